The molecule has 2 atom stereocenters. The highest BCUT2D eigenvalue weighted by molar-refractivity contribution is 5.08. The number of piperidine rings is 1. The number of nitrogens with one attached hydrogen (secondary N) is 1. The molecule has 0 spiro atoms. The quantitative estimate of drug-likeness (QED) is 0.826. The van der Waals surface area contributed by atoms with E-state index in [4.69, 9.17) is 0 Å². The van der Waals surface area contributed by atoms with Crippen molar-refractivity contribution in [2.45, 2.75) is 57.5 Å². The highest BCUT2D eigenvalue weighted by Crippen LogP contribution is 2.39. The molecule has 0 bridgehead atoms. The van der Waals surface area contributed by atoms with Crippen LogP contribution < -0.4 is 5.32 Å². The Labute approximate surface area is 96.4 Å². The fourth-order valence-corrected chi connectivity index (χ4v) is 2.81. The van der Waals surface area contributed by atoms with E-state index in [1.165, 1.54) is 31.5 Å². The number of hydrogen-bond acceptors (Lipinski definition) is 3. The summed E-state index contributed by atoms with van der Waals surface area (Å²) in [5.74, 6) is 2.95. The van der Waals surface area contributed by atoms with Crippen molar-refractivity contribution < 1.29 is 0 Å². The van der Waals surface area contributed by atoms with E-state index in [1.807, 2.05) is 0 Å². The normalized spacial score (nSPS) is 30.6. The maximum atomic E-state index is 4.42. The van der Waals surface area contributed by atoms with E-state index in [-0.39, 0.29) is 0 Å². The van der Waals surface area contributed by atoms with Gasteiger partial charge in [-0.05, 0) is 46.1 Å². The Morgan fingerprint density at radius 1 is 1.25 bits per heavy atom. The van der Waals surface area contributed by atoms with Crippen LogP contribution in [0.15, 0.2) is 0 Å². The monoisotopic (exact) mass is 220 g/mol. The Kier molecular flexibility index (Phi) is 2.46. The van der Waals surface area contributed by atoms with E-state index in [1.54, 1.807) is 0 Å². The predicted molar refractivity (Wildman–Crippen MR) is 62.5 cm³/mol. The summed E-state index contributed by atoms with van der Waals surface area (Å²) in [6.07, 6.45) is 5.03. The van der Waals surface area contributed by atoms with Gasteiger partial charge in [0, 0.05) is 18.0 Å². The highest BCUT2D eigenvalue weighted by Gasteiger charge is 2.32. The van der Waals surface area contributed by atoms with E-state index >= 15 is 0 Å². The van der Waals surface area contributed by atoms with Gasteiger partial charge in [0.25, 0.3) is 0 Å². The number of hydrogen-bond donors (Lipinski definition) is 1. The van der Waals surface area contributed by atoms with Gasteiger partial charge in [0.2, 0.25) is 0 Å². The third-order valence-corrected chi connectivity index (χ3v) is 3.79. The lowest BCUT2D eigenvalue weighted by atomic mass is 9.92. The van der Waals surface area contributed by atoms with Gasteiger partial charge in [0.1, 0.15) is 11.6 Å². The first-order valence-corrected chi connectivity index (χ1v) is 6.40. The molecule has 0 radical (unpaired) electrons. The molecule has 4 nitrogen and oxygen atoms in total. The number of aromatic nitrogens is 3. The molecule has 1 saturated carbocycles. The van der Waals surface area contributed by atoms with Crippen LogP contribution in [-0.4, -0.2) is 27.4 Å². The summed E-state index contributed by atoms with van der Waals surface area (Å²) in [7, 11) is 0. The fourth-order valence-electron chi connectivity index (χ4n) is 2.81. The van der Waals surface area contributed by atoms with Gasteiger partial charge in [-0.1, -0.05) is 0 Å². The van der Waals surface area contributed by atoms with E-state index in [0.29, 0.717) is 18.0 Å². The Morgan fingerprint density at radius 2 is 2.06 bits per heavy atom. The molecule has 4 heteroatoms. The SMILES string of the molecule is Cc1nnc(C2CCNC(C)C2)n1C1CC1. The second-order valence-electron chi connectivity index (χ2n) is 5.28. The molecule has 2 aliphatic rings. The molecule has 1 aromatic heterocycles. The molecular weight excluding hydrogens is 200 g/mol. The molecule has 2 unspecified atom stereocenters. The molecule has 0 aromatic carbocycles. The van der Waals surface area contributed by atoms with E-state index in [0.717, 1.165) is 12.4 Å². The largest absolute Gasteiger partial charge is 0.314 e. The summed E-state index contributed by atoms with van der Waals surface area (Å²) in [5, 5.41) is 12.2. The zero-order valence-electron chi connectivity index (χ0n) is 10.1. The van der Waals surface area contributed by atoms with Gasteiger partial charge in [0.05, 0.1) is 0 Å². The average Bonchev–Trinajstić information content (AvgIpc) is 3.02. The molecule has 1 N–H and O–H groups in total. The smallest absolute Gasteiger partial charge is 0.136 e. The first-order valence-electron chi connectivity index (χ1n) is 6.40. The highest BCUT2D eigenvalue weighted by atomic mass is 15.3. The van der Waals surface area contributed by atoms with E-state index in [2.05, 4.69) is 33.9 Å². The van der Waals surface area contributed by atoms with Crippen molar-refractivity contribution in [1.82, 2.24) is 20.1 Å². The lowest BCUT2D eigenvalue weighted by Crippen LogP contribution is -2.35. The summed E-state index contributed by atoms with van der Waals surface area (Å²) in [6, 6.07) is 1.32. The molecule has 16 heavy (non-hydrogen) atoms. The molecule has 1 aromatic rings. The molecule has 1 aliphatic heterocycles. The second kappa shape index (κ2) is 3.84. The predicted octanol–water partition coefficient (Wildman–Crippen LogP) is 1.78. The van der Waals surface area contributed by atoms with Crippen molar-refractivity contribution >= 4 is 0 Å². The third kappa shape index (κ3) is 1.75. The summed E-state index contributed by atoms with van der Waals surface area (Å²) < 4.78 is 2.39. The van der Waals surface area contributed by atoms with Crippen LogP contribution >= 0.6 is 0 Å². The van der Waals surface area contributed by atoms with Crippen LogP contribution in [0.4, 0.5) is 0 Å². The van der Waals surface area contributed by atoms with Crippen molar-refractivity contribution in [3.05, 3.63) is 11.6 Å². The van der Waals surface area contributed by atoms with Crippen molar-refractivity contribution in [2.24, 2.45) is 0 Å². The zero-order valence-corrected chi connectivity index (χ0v) is 10.1. The van der Waals surface area contributed by atoms with E-state index in [9.17, 15) is 0 Å². The van der Waals surface area contributed by atoms with Crippen molar-refractivity contribution in [2.75, 3.05) is 6.54 Å². The van der Waals surface area contributed by atoms with Gasteiger partial charge in [0.15, 0.2) is 0 Å². The Balaban J connectivity index is 1.87. The fraction of sp³-hybridized carbons (Fsp3) is 0.833. The Bertz CT molecular complexity index is 380. The lowest BCUT2D eigenvalue weighted by Gasteiger charge is -2.27. The summed E-state index contributed by atoms with van der Waals surface area (Å²) in [4.78, 5) is 0. The molecule has 3 rings (SSSR count). The van der Waals surface area contributed by atoms with Crippen molar-refractivity contribution in [3.63, 3.8) is 0 Å². The standard InChI is InChI=1S/C12H20N4/c1-8-7-10(5-6-13-8)12-15-14-9(2)16(12)11-3-4-11/h8,10-11,13H,3-7H2,1-2H3. The van der Waals surface area contributed by atoms with Crippen molar-refractivity contribution in [3.8, 4) is 0 Å². The van der Waals surface area contributed by atoms with Crippen LogP contribution in [0.25, 0.3) is 0 Å². The zero-order chi connectivity index (χ0) is 11.1. The lowest BCUT2D eigenvalue weighted by molar-refractivity contribution is 0.362. The van der Waals surface area contributed by atoms with Gasteiger partial charge in [-0.3, -0.25) is 0 Å². The summed E-state index contributed by atoms with van der Waals surface area (Å²) in [5.41, 5.74) is 0. The van der Waals surface area contributed by atoms with Crippen LogP contribution in [0, 0.1) is 6.92 Å². The first-order chi connectivity index (χ1) is 7.75. The summed E-state index contributed by atoms with van der Waals surface area (Å²) in [6.45, 7) is 5.46. The van der Waals surface area contributed by atoms with Crippen LogP contribution in [0.5, 0.6) is 0 Å². The van der Waals surface area contributed by atoms with Crippen LogP contribution in [-0.2, 0) is 0 Å². The number of aryl methyl sites for hydroxylation is 1. The number of rotatable bonds is 2. The Hall–Kier alpha value is -0.900. The molecule has 1 saturated heterocycles. The first kappa shape index (κ1) is 10.3. The van der Waals surface area contributed by atoms with Gasteiger partial charge in [-0.2, -0.15) is 0 Å². The third-order valence-electron chi connectivity index (χ3n) is 3.79. The van der Waals surface area contributed by atoms with E-state index < -0.39 is 0 Å². The van der Waals surface area contributed by atoms with Crippen LogP contribution in [0.1, 0.15) is 56.2 Å². The van der Waals surface area contributed by atoms with Gasteiger partial charge in [-0.15, -0.1) is 10.2 Å². The second-order valence-corrected chi connectivity index (χ2v) is 5.28. The van der Waals surface area contributed by atoms with Crippen molar-refractivity contribution in [1.29, 1.82) is 0 Å². The minimum atomic E-state index is 0.609. The summed E-state index contributed by atoms with van der Waals surface area (Å²) >= 11 is 0. The maximum absolute atomic E-state index is 4.42. The number of nitrogens with zero attached hydrogens (tertiary/aromatic N) is 3. The van der Waals surface area contributed by atoms with Gasteiger partial charge >= 0.3 is 0 Å². The maximum Gasteiger partial charge on any atom is 0.136 e. The van der Waals surface area contributed by atoms with Crippen LogP contribution in [0.3, 0.4) is 0 Å². The molecule has 2 fully saturated rings. The molecule has 2 heterocycles. The van der Waals surface area contributed by atoms with Crippen LogP contribution in [0.2, 0.25) is 0 Å². The Morgan fingerprint density at radius 3 is 2.75 bits per heavy atom. The minimum absolute atomic E-state index is 0.609. The average molecular weight is 220 g/mol. The molecule has 0 amide bonds. The molecule has 88 valence electrons. The van der Waals surface area contributed by atoms with Gasteiger partial charge in [-0.25, -0.2) is 0 Å². The minimum Gasteiger partial charge on any atom is -0.314 e. The van der Waals surface area contributed by atoms with Gasteiger partial charge < -0.3 is 9.88 Å². The topological polar surface area (TPSA) is 42.7 Å². The molecular formula is C12H20N4. The molecule has 1 aliphatic carbocycles.